The Morgan fingerprint density at radius 1 is 1.40 bits per heavy atom. The molecule has 0 spiro atoms. The molecule has 1 aromatic carbocycles. The van der Waals surface area contributed by atoms with Gasteiger partial charge in [0.1, 0.15) is 6.54 Å². The molecule has 0 saturated heterocycles. The van der Waals surface area contributed by atoms with E-state index in [4.69, 9.17) is 16.7 Å². The fraction of sp³-hybridized carbons (Fsp3) is 0.417. The maximum absolute atomic E-state index is 12.6. The second kappa shape index (κ2) is 6.01. The third kappa shape index (κ3) is 3.94. The van der Waals surface area contributed by atoms with Crippen LogP contribution >= 0.6 is 27.5 Å². The first-order valence-electron chi connectivity index (χ1n) is 5.66. The highest BCUT2D eigenvalue weighted by molar-refractivity contribution is 9.10. The van der Waals surface area contributed by atoms with Crippen molar-refractivity contribution in [3.63, 3.8) is 0 Å². The van der Waals surface area contributed by atoms with E-state index in [2.05, 4.69) is 15.9 Å². The number of nitrogens with zero attached hydrogens (tertiary/aromatic N) is 1. The summed E-state index contributed by atoms with van der Waals surface area (Å²) < 4.78 is 26.5. The topological polar surface area (TPSA) is 74.7 Å². The van der Waals surface area contributed by atoms with Crippen molar-refractivity contribution in [1.29, 1.82) is 0 Å². The van der Waals surface area contributed by atoms with E-state index in [-0.39, 0.29) is 4.90 Å². The van der Waals surface area contributed by atoms with Gasteiger partial charge in [0.25, 0.3) is 0 Å². The monoisotopic (exact) mass is 383 g/mol. The summed E-state index contributed by atoms with van der Waals surface area (Å²) in [4.78, 5) is 10.9. The zero-order valence-electron chi connectivity index (χ0n) is 11.2. The van der Waals surface area contributed by atoms with Gasteiger partial charge in [0.15, 0.2) is 0 Å². The van der Waals surface area contributed by atoms with E-state index in [1.54, 1.807) is 20.8 Å². The second-order valence-corrected chi connectivity index (χ2v) is 8.28. The third-order valence-corrected chi connectivity index (χ3v) is 5.83. The summed E-state index contributed by atoms with van der Waals surface area (Å²) in [5.74, 6) is -1.21. The Kier molecular flexibility index (Phi) is 5.23. The van der Waals surface area contributed by atoms with Crippen LogP contribution in [0.4, 0.5) is 0 Å². The summed E-state index contributed by atoms with van der Waals surface area (Å²) in [6.45, 7) is 4.31. The molecule has 0 fully saturated rings. The number of rotatable bonds is 4. The average Bonchev–Trinajstić information content (AvgIpc) is 2.27. The quantitative estimate of drug-likeness (QED) is 0.866. The Labute approximate surface area is 131 Å². The molecule has 20 heavy (non-hydrogen) atoms. The first-order valence-corrected chi connectivity index (χ1v) is 8.27. The van der Waals surface area contributed by atoms with Crippen molar-refractivity contribution < 1.29 is 18.3 Å². The van der Waals surface area contributed by atoms with E-state index < -0.39 is 28.1 Å². The van der Waals surface area contributed by atoms with Gasteiger partial charge in [0, 0.05) is 10.0 Å². The van der Waals surface area contributed by atoms with Gasteiger partial charge in [-0.2, -0.15) is 4.31 Å². The Morgan fingerprint density at radius 3 is 2.35 bits per heavy atom. The Bertz CT molecular complexity index is 625. The van der Waals surface area contributed by atoms with Gasteiger partial charge >= 0.3 is 5.97 Å². The molecule has 0 aliphatic rings. The van der Waals surface area contributed by atoms with Crippen LogP contribution in [0.2, 0.25) is 5.02 Å². The molecule has 0 radical (unpaired) electrons. The molecule has 1 N–H and O–H groups in total. The van der Waals surface area contributed by atoms with E-state index in [1.165, 1.54) is 18.2 Å². The lowest BCUT2D eigenvalue weighted by molar-refractivity contribution is -0.138. The summed E-state index contributed by atoms with van der Waals surface area (Å²) in [7, 11) is -3.93. The largest absolute Gasteiger partial charge is 0.480 e. The zero-order valence-corrected chi connectivity index (χ0v) is 14.4. The number of hydrogen-bond acceptors (Lipinski definition) is 3. The van der Waals surface area contributed by atoms with Gasteiger partial charge in [-0.3, -0.25) is 4.79 Å². The van der Waals surface area contributed by atoms with E-state index in [1.807, 2.05) is 0 Å². The molecular formula is C12H15BrClNO4S. The lowest BCUT2D eigenvalue weighted by atomic mass is 10.1. The van der Waals surface area contributed by atoms with Crippen LogP contribution in [-0.2, 0) is 14.8 Å². The summed E-state index contributed by atoms with van der Waals surface area (Å²) in [6.07, 6.45) is 0. The minimum absolute atomic E-state index is 0.00931. The molecule has 112 valence electrons. The molecule has 0 aliphatic heterocycles. The predicted octanol–water partition coefficient (Wildman–Crippen LogP) is 2.98. The fourth-order valence-corrected chi connectivity index (χ4v) is 3.98. The maximum Gasteiger partial charge on any atom is 0.318 e. The number of halogens is 2. The van der Waals surface area contributed by atoms with Crippen LogP contribution in [-0.4, -0.2) is 35.9 Å². The Morgan fingerprint density at radius 2 is 1.95 bits per heavy atom. The van der Waals surface area contributed by atoms with Crippen molar-refractivity contribution in [1.82, 2.24) is 4.31 Å². The number of carboxylic acid groups (broad SMARTS) is 1. The molecule has 0 saturated carbocycles. The number of carboxylic acids is 1. The molecule has 5 nitrogen and oxygen atoms in total. The first kappa shape index (κ1) is 17.4. The summed E-state index contributed by atoms with van der Waals surface area (Å²) in [5, 5.41) is 9.30. The second-order valence-electron chi connectivity index (χ2n) is 5.15. The van der Waals surface area contributed by atoms with Crippen molar-refractivity contribution in [3.05, 3.63) is 27.7 Å². The maximum atomic E-state index is 12.6. The summed E-state index contributed by atoms with van der Waals surface area (Å²) in [6, 6.07) is 4.15. The fourth-order valence-electron chi connectivity index (χ4n) is 1.57. The summed E-state index contributed by atoms with van der Waals surface area (Å²) >= 11 is 8.99. The molecular weight excluding hydrogens is 370 g/mol. The smallest absolute Gasteiger partial charge is 0.318 e. The lowest BCUT2D eigenvalue weighted by Crippen LogP contribution is -2.48. The molecule has 0 heterocycles. The number of sulfonamides is 1. The minimum Gasteiger partial charge on any atom is -0.480 e. The zero-order chi connectivity index (χ0) is 15.7. The van der Waals surface area contributed by atoms with E-state index in [9.17, 15) is 13.2 Å². The van der Waals surface area contributed by atoms with Crippen molar-refractivity contribution in [2.75, 3.05) is 6.54 Å². The molecule has 0 aromatic heterocycles. The van der Waals surface area contributed by atoms with Crippen LogP contribution in [0.15, 0.2) is 27.6 Å². The molecule has 1 aromatic rings. The van der Waals surface area contributed by atoms with Crippen LogP contribution < -0.4 is 0 Å². The Hall–Kier alpha value is -0.630. The van der Waals surface area contributed by atoms with Crippen molar-refractivity contribution in [2.24, 2.45) is 0 Å². The highest BCUT2D eigenvalue weighted by Crippen LogP contribution is 2.29. The van der Waals surface area contributed by atoms with Gasteiger partial charge < -0.3 is 5.11 Å². The molecule has 0 atom stereocenters. The lowest BCUT2D eigenvalue weighted by Gasteiger charge is -2.33. The predicted molar refractivity (Wildman–Crippen MR) is 80.4 cm³/mol. The third-order valence-electron chi connectivity index (χ3n) is 2.51. The molecule has 0 bridgehead atoms. The SMILES string of the molecule is CC(C)(C)N(CC(=O)O)S(=O)(=O)c1ccc(Cl)c(Br)c1. The van der Waals surface area contributed by atoms with Gasteiger partial charge in [-0.15, -0.1) is 0 Å². The molecule has 0 aliphatic carbocycles. The standard InChI is InChI=1S/C12H15BrClNO4S/c1-12(2,3)15(7-11(16)17)20(18,19)8-4-5-10(14)9(13)6-8/h4-6H,7H2,1-3H3,(H,16,17). The molecule has 1 rings (SSSR count). The van der Waals surface area contributed by atoms with E-state index in [0.29, 0.717) is 9.50 Å². The van der Waals surface area contributed by atoms with Crippen molar-refractivity contribution >= 4 is 43.5 Å². The van der Waals surface area contributed by atoms with E-state index >= 15 is 0 Å². The number of hydrogen-bond donors (Lipinski definition) is 1. The molecule has 0 unspecified atom stereocenters. The average molecular weight is 385 g/mol. The molecule has 8 heteroatoms. The van der Waals surface area contributed by atoms with Gasteiger partial charge in [-0.05, 0) is 54.9 Å². The summed E-state index contributed by atoms with van der Waals surface area (Å²) in [5.41, 5.74) is -0.858. The van der Waals surface area contributed by atoms with E-state index in [0.717, 1.165) is 4.31 Å². The normalized spacial score (nSPS) is 12.7. The highest BCUT2D eigenvalue weighted by atomic mass is 79.9. The van der Waals surface area contributed by atoms with Crippen molar-refractivity contribution in [2.45, 2.75) is 31.2 Å². The van der Waals surface area contributed by atoms with Crippen LogP contribution in [0.3, 0.4) is 0 Å². The highest BCUT2D eigenvalue weighted by Gasteiger charge is 2.35. The van der Waals surface area contributed by atoms with Crippen LogP contribution in [0.1, 0.15) is 20.8 Å². The van der Waals surface area contributed by atoms with Crippen molar-refractivity contribution in [3.8, 4) is 0 Å². The van der Waals surface area contributed by atoms with Crippen LogP contribution in [0.5, 0.6) is 0 Å². The minimum atomic E-state index is -3.93. The van der Waals surface area contributed by atoms with Gasteiger partial charge in [-0.25, -0.2) is 8.42 Å². The van der Waals surface area contributed by atoms with Gasteiger partial charge in [0.2, 0.25) is 10.0 Å². The first-order chi connectivity index (χ1) is 8.96. The van der Waals surface area contributed by atoms with Crippen LogP contribution in [0.25, 0.3) is 0 Å². The van der Waals surface area contributed by atoms with Crippen LogP contribution in [0, 0.1) is 0 Å². The Balaban J connectivity index is 3.36. The van der Waals surface area contributed by atoms with Gasteiger partial charge in [-0.1, -0.05) is 11.6 Å². The number of benzene rings is 1. The number of carbonyl (C=O) groups is 1. The van der Waals surface area contributed by atoms with Gasteiger partial charge in [0.05, 0.1) is 9.92 Å². The molecule has 0 amide bonds. The number of aliphatic carboxylic acids is 1.